The SMILES string of the molecule is O=C(C=S)c1cccc(N2CCOCC2)c1. The number of nitrogens with zero attached hydrogens (tertiary/aromatic N) is 1. The third-order valence-corrected chi connectivity index (χ3v) is 2.83. The minimum Gasteiger partial charge on any atom is -0.378 e. The van der Waals surface area contributed by atoms with Gasteiger partial charge in [-0.3, -0.25) is 4.79 Å². The molecule has 0 atom stereocenters. The molecule has 3 nitrogen and oxygen atoms in total. The molecule has 0 aromatic heterocycles. The Morgan fingerprint density at radius 2 is 2.12 bits per heavy atom. The van der Waals surface area contributed by atoms with Crippen molar-refractivity contribution in [3.8, 4) is 0 Å². The van der Waals surface area contributed by atoms with Gasteiger partial charge in [-0.1, -0.05) is 24.4 Å². The van der Waals surface area contributed by atoms with E-state index in [0.717, 1.165) is 32.0 Å². The summed E-state index contributed by atoms with van der Waals surface area (Å²) in [6.45, 7) is 3.22. The number of carbonyl (C=O) groups excluding carboxylic acids is 1. The number of ketones is 1. The van der Waals surface area contributed by atoms with Crippen LogP contribution in [0.5, 0.6) is 0 Å². The molecule has 16 heavy (non-hydrogen) atoms. The van der Waals surface area contributed by atoms with Crippen LogP contribution in [0.25, 0.3) is 0 Å². The van der Waals surface area contributed by atoms with E-state index in [1.54, 1.807) is 6.07 Å². The summed E-state index contributed by atoms with van der Waals surface area (Å²) in [7, 11) is 0. The summed E-state index contributed by atoms with van der Waals surface area (Å²) in [5.74, 6) is -0.106. The van der Waals surface area contributed by atoms with Gasteiger partial charge in [0.2, 0.25) is 0 Å². The van der Waals surface area contributed by atoms with Crippen molar-refractivity contribution in [2.24, 2.45) is 0 Å². The second kappa shape index (κ2) is 5.18. The van der Waals surface area contributed by atoms with Gasteiger partial charge in [0, 0.05) is 29.7 Å². The van der Waals surface area contributed by atoms with Gasteiger partial charge >= 0.3 is 0 Å². The first-order chi connectivity index (χ1) is 7.81. The molecule has 1 aromatic rings. The molecule has 4 heteroatoms. The molecule has 0 bridgehead atoms. The maximum absolute atomic E-state index is 11.4. The average molecular weight is 235 g/mol. The maximum atomic E-state index is 11.4. The lowest BCUT2D eigenvalue weighted by Gasteiger charge is -2.29. The second-order valence-electron chi connectivity index (χ2n) is 3.63. The molecule has 1 heterocycles. The fourth-order valence-electron chi connectivity index (χ4n) is 1.75. The van der Waals surface area contributed by atoms with Crippen LogP contribution in [0.4, 0.5) is 5.69 Å². The molecule has 0 saturated carbocycles. The zero-order valence-corrected chi connectivity index (χ0v) is 9.70. The van der Waals surface area contributed by atoms with Gasteiger partial charge in [-0.15, -0.1) is 0 Å². The Labute approximate surface area is 100 Å². The Bertz CT molecular complexity index is 400. The van der Waals surface area contributed by atoms with Crippen molar-refractivity contribution in [3.05, 3.63) is 29.8 Å². The summed E-state index contributed by atoms with van der Waals surface area (Å²) in [6, 6.07) is 7.56. The van der Waals surface area contributed by atoms with Crippen LogP contribution in [0, 0.1) is 0 Å². The van der Waals surface area contributed by atoms with Gasteiger partial charge in [0.25, 0.3) is 0 Å². The third kappa shape index (κ3) is 2.46. The third-order valence-electron chi connectivity index (χ3n) is 2.61. The van der Waals surface area contributed by atoms with Crippen LogP contribution < -0.4 is 4.90 Å². The number of carbonyl (C=O) groups is 1. The van der Waals surface area contributed by atoms with Crippen LogP contribution in [0.2, 0.25) is 0 Å². The predicted molar refractivity (Wildman–Crippen MR) is 67.5 cm³/mol. The number of rotatable bonds is 3. The Hall–Kier alpha value is -1.26. The van der Waals surface area contributed by atoms with Crippen LogP contribution in [0.1, 0.15) is 10.4 Å². The first kappa shape index (κ1) is 11.2. The van der Waals surface area contributed by atoms with E-state index in [9.17, 15) is 4.79 Å². The van der Waals surface area contributed by atoms with Gasteiger partial charge in [-0.25, -0.2) is 0 Å². The summed E-state index contributed by atoms with van der Waals surface area (Å²) in [4.78, 5) is 13.7. The topological polar surface area (TPSA) is 29.5 Å². The van der Waals surface area contributed by atoms with Gasteiger partial charge in [0.1, 0.15) is 0 Å². The monoisotopic (exact) mass is 235 g/mol. The number of ether oxygens (including phenoxy) is 1. The van der Waals surface area contributed by atoms with Crippen LogP contribution in [-0.4, -0.2) is 37.5 Å². The zero-order valence-electron chi connectivity index (χ0n) is 8.89. The van der Waals surface area contributed by atoms with Gasteiger partial charge < -0.3 is 9.64 Å². The molecule has 1 aliphatic rings. The van der Waals surface area contributed by atoms with Crippen LogP contribution in [-0.2, 0) is 4.74 Å². The molecule has 1 aromatic carbocycles. The van der Waals surface area contributed by atoms with Crippen molar-refractivity contribution in [1.82, 2.24) is 0 Å². The Kier molecular flexibility index (Phi) is 3.64. The second-order valence-corrected chi connectivity index (χ2v) is 3.87. The molecular formula is C12H13NO2S. The largest absolute Gasteiger partial charge is 0.378 e. The van der Waals surface area contributed by atoms with Crippen molar-refractivity contribution in [1.29, 1.82) is 0 Å². The molecular weight excluding hydrogens is 222 g/mol. The van der Waals surface area contributed by atoms with E-state index < -0.39 is 0 Å². The number of thiocarbonyl (C=S) groups is 1. The van der Waals surface area contributed by atoms with Crippen molar-refractivity contribution < 1.29 is 9.53 Å². The molecule has 0 N–H and O–H groups in total. The lowest BCUT2D eigenvalue weighted by Crippen LogP contribution is -2.36. The average Bonchev–Trinajstić information content (AvgIpc) is 2.39. The first-order valence-corrected chi connectivity index (χ1v) is 5.70. The normalized spacial score (nSPS) is 15.9. The Morgan fingerprint density at radius 1 is 1.38 bits per heavy atom. The van der Waals surface area contributed by atoms with Gasteiger partial charge in [-0.05, 0) is 12.1 Å². The van der Waals surface area contributed by atoms with E-state index in [2.05, 4.69) is 17.1 Å². The molecule has 0 spiro atoms. The summed E-state index contributed by atoms with van der Waals surface area (Å²) in [6.07, 6.45) is 0. The molecule has 2 rings (SSSR count). The van der Waals surface area contributed by atoms with Crippen LogP contribution >= 0.6 is 12.2 Å². The number of anilines is 1. The number of benzene rings is 1. The summed E-state index contributed by atoms with van der Waals surface area (Å²) < 4.78 is 5.29. The van der Waals surface area contributed by atoms with Crippen molar-refractivity contribution in [2.45, 2.75) is 0 Å². The fourth-order valence-corrected chi connectivity index (χ4v) is 1.88. The zero-order chi connectivity index (χ0) is 11.4. The summed E-state index contributed by atoms with van der Waals surface area (Å²) in [5, 5.41) is 1.18. The number of hydrogen-bond donors (Lipinski definition) is 0. The molecule has 84 valence electrons. The smallest absolute Gasteiger partial charge is 0.196 e. The van der Waals surface area contributed by atoms with Gasteiger partial charge in [0.05, 0.1) is 13.2 Å². The standard InChI is InChI=1S/C12H13NO2S/c14-12(9-16)10-2-1-3-11(8-10)13-4-6-15-7-5-13/h1-3,8-9H,4-7H2. The lowest BCUT2D eigenvalue weighted by molar-refractivity contribution is 0.107. The number of morpholine rings is 1. The highest BCUT2D eigenvalue weighted by Gasteiger charge is 2.12. The minimum atomic E-state index is -0.106. The summed E-state index contributed by atoms with van der Waals surface area (Å²) >= 11 is 4.65. The molecule has 0 aliphatic carbocycles. The van der Waals surface area contributed by atoms with Crippen molar-refractivity contribution in [2.75, 3.05) is 31.2 Å². The van der Waals surface area contributed by atoms with Crippen molar-refractivity contribution in [3.63, 3.8) is 0 Å². The van der Waals surface area contributed by atoms with Gasteiger partial charge in [0.15, 0.2) is 5.78 Å². The molecule has 0 unspecified atom stereocenters. The first-order valence-electron chi connectivity index (χ1n) is 5.23. The van der Waals surface area contributed by atoms with Crippen LogP contribution in [0.3, 0.4) is 0 Å². The molecule has 1 fully saturated rings. The molecule has 1 aliphatic heterocycles. The van der Waals surface area contributed by atoms with E-state index in [1.165, 1.54) is 5.37 Å². The molecule has 0 radical (unpaired) electrons. The van der Waals surface area contributed by atoms with Crippen molar-refractivity contribution >= 4 is 29.1 Å². The number of Topliss-reactive ketones (excluding diaryl/α,β-unsaturated/α-hetero) is 1. The Balaban J connectivity index is 2.20. The molecule has 0 amide bonds. The summed E-state index contributed by atoms with van der Waals surface area (Å²) in [5.41, 5.74) is 1.71. The number of hydrogen-bond acceptors (Lipinski definition) is 4. The Morgan fingerprint density at radius 3 is 2.81 bits per heavy atom. The lowest BCUT2D eigenvalue weighted by atomic mass is 10.1. The highest BCUT2D eigenvalue weighted by atomic mass is 32.1. The highest BCUT2D eigenvalue weighted by molar-refractivity contribution is 7.80. The van der Waals surface area contributed by atoms with Crippen LogP contribution in [0.15, 0.2) is 24.3 Å². The predicted octanol–water partition coefficient (Wildman–Crippen LogP) is 1.71. The maximum Gasteiger partial charge on any atom is 0.196 e. The van der Waals surface area contributed by atoms with Gasteiger partial charge in [-0.2, -0.15) is 0 Å². The fraction of sp³-hybridized carbons (Fsp3) is 0.333. The minimum absolute atomic E-state index is 0.106. The molecule has 1 saturated heterocycles. The highest BCUT2D eigenvalue weighted by Crippen LogP contribution is 2.17. The quantitative estimate of drug-likeness (QED) is 0.589. The van der Waals surface area contributed by atoms with E-state index in [4.69, 9.17) is 4.74 Å². The van der Waals surface area contributed by atoms with E-state index in [1.807, 2.05) is 18.2 Å². The van der Waals surface area contributed by atoms with E-state index in [0.29, 0.717) is 5.56 Å². The van der Waals surface area contributed by atoms with E-state index >= 15 is 0 Å². The van der Waals surface area contributed by atoms with E-state index in [-0.39, 0.29) is 5.78 Å².